The minimum absolute atomic E-state index is 1.31. The summed E-state index contributed by atoms with van der Waals surface area (Å²) in [4.78, 5) is 0. The molecule has 1 heteroatoms. The maximum absolute atomic E-state index is 2.36. The first-order valence-electron chi connectivity index (χ1n) is 13.6. The van der Waals surface area contributed by atoms with Crippen molar-refractivity contribution in [2.24, 2.45) is 0 Å². The number of rotatable bonds is 23. The van der Waals surface area contributed by atoms with E-state index in [-0.39, 0.29) is 0 Å². The quantitative estimate of drug-likeness (QED) is 0.119. The molecule has 0 saturated carbocycles. The van der Waals surface area contributed by atoms with Gasteiger partial charge in [-0.2, -0.15) is 0 Å². The Morgan fingerprint density at radius 1 is 0.321 bits per heavy atom. The molecule has 0 aromatic heterocycles. The van der Waals surface area contributed by atoms with Crippen LogP contribution in [0.15, 0.2) is 0 Å². The first-order chi connectivity index (χ1) is 13.7. The summed E-state index contributed by atoms with van der Waals surface area (Å²) in [5, 5.41) is 0. The lowest BCUT2D eigenvalue weighted by Crippen LogP contribution is -2.48. The average molecular weight is 397 g/mol. The van der Waals surface area contributed by atoms with Crippen LogP contribution in [0.2, 0.25) is 0 Å². The molecule has 0 aromatic carbocycles. The van der Waals surface area contributed by atoms with Crippen LogP contribution in [0.3, 0.4) is 0 Å². The predicted octanol–water partition coefficient (Wildman–Crippen LogP) is 9.29. The fourth-order valence-electron chi connectivity index (χ4n) is 4.67. The van der Waals surface area contributed by atoms with Gasteiger partial charge in [0.15, 0.2) is 0 Å². The maximum Gasteiger partial charge on any atom is 0.0786 e. The molecule has 0 aliphatic carbocycles. The first-order valence-corrected chi connectivity index (χ1v) is 13.6. The lowest BCUT2D eigenvalue weighted by molar-refractivity contribution is -0.923. The Kier molecular flexibility index (Phi) is 21.6. The van der Waals surface area contributed by atoms with Gasteiger partial charge in [0.2, 0.25) is 0 Å². The highest BCUT2D eigenvalue weighted by Crippen LogP contribution is 2.15. The smallest absolute Gasteiger partial charge is 0.0786 e. The third kappa shape index (κ3) is 16.9. The van der Waals surface area contributed by atoms with Crippen LogP contribution in [-0.2, 0) is 0 Å². The molecule has 170 valence electrons. The van der Waals surface area contributed by atoms with Crippen LogP contribution < -0.4 is 0 Å². The highest BCUT2D eigenvalue weighted by atomic mass is 15.3. The zero-order chi connectivity index (χ0) is 20.8. The Morgan fingerprint density at radius 2 is 0.571 bits per heavy atom. The summed E-state index contributed by atoms with van der Waals surface area (Å²) in [5.41, 5.74) is 0. The van der Waals surface area contributed by atoms with Crippen molar-refractivity contribution in [2.75, 3.05) is 26.2 Å². The summed E-state index contributed by atoms with van der Waals surface area (Å²) in [6, 6.07) is 0. The Balaban J connectivity index is 3.18. The van der Waals surface area contributed by atoms with Crippen molar-refractivity contribution in [1.29, 1.82) is 0 Å². The van der Waals surface area contributed by atoms with Gasteiger partial charge in [0.05, 0.1) is 26.2 Å². The highest BCUT2D eigenvalue weighted by Gasteiger charge is 2.19. The zero-order valence-electron chi connectivity index (χ0n) is 20.7. The molecular weight excluding hydrogens is 338 g/mol. The van der Waals surface area contributed by atoms with Gasteiger partial charge in [-0.25, -0.2) is 0 Å². The number of nitrogens with zero attached hydrogens (tertiary/aromatic N) is 1. The fourth-order valence-corrected chi connectivity index (χ4v) is 4.67. The third-order valence-corrected chi connectivity index (χ3v) is 7.25. The van der Waals surface area contributed by atoms with Crippen LogP contribution in [0.5, 0.6) is 0 Å². The van der Waals surface area contributed by atoms with Crippen LogP contribution >= 0.6 is 0 Å². The van der Waals surface area contributed by atoms with Gasteiger partial charge in [-0.05, 0) is 33.6 Å². The number of hydrogen-bond donors (Lipinski definition) is 0. The SMILES string of the molecule is CCCCCCCCCCCCCCCCCCCCC[N+](CC)(CC)CC. The lowest BCUT2D eigenvalue weighted by atomic mass is 10.0. The van der Waals surface area contributed by atoms with Gasteiger partial charge in [-0.15, -0.1) is 0 Å². The molecule has 0 radical (unpaired) electrons. The van der Waals surface area contributed by atoms with Gasteiger partial charge in [-0.1, -0.05) is 116 Å². The molecule has 0 rings (SSSR count). The monoisotopic (exact) mass is 396 g/mol. The second kappa shape index (κ2) is 21.7. The summed E-state index contributed by atoms with van der Waals surface area (Å²) in [7, 11) is 0. The van der Waals surface area contributed by atoms with Gasteiger partial charge in [0.25, 0.3) is 0 Å². The summed E-state index contributed by atoms with van der Waals surface area (Å²) in [5.74, 6) is 0. The minimum Gasteiger partial charge on any atom is -0.324 e. The van der Waals surface area contributed by atoms with Crippen molar-refractivity contribution in [3.8, 4) is 0 Å². The molecule has 0 aliphatic rings. The van der Waals surface area contributed by atoms with E-state index in [0.717, 1.165) is 0 Å². The Bertz CT molecular complexity index is 274. The van der Waals surface area contributed by atoms with E-state index >= 15 is 0 Å². The average Bonchev–Trinajstić information content (AvgIpc) is 2.73. The second-order valence-electron chi connectivity index (χ2n) is 9.38. The molecular formula is C27H58N+. The van der Waals surface area contributed by atoms with E-state index in [1.807, 2.05) is 0 Å². The molecule has 0 aromatic rings. The standard InChI is InChI=1S/C27H58N/c1-5-9-10-11-12-13-14-15-16-17-18-19-20-21-22-23-24-25-26-27-28(6-2,7-3)8-4/h5-27H2,1-4H3/q+1. The van der Waals surface area contributed by atoms with Crippen molar-refractivity contribution >= 4 is 0 Å². The van der Waals surface area contributed by atoms with E-state index in [2.05, 4.69) is 27.7 Å². The Labute approximate surface area is 180 Å². The molecule has 0 amide bonds. The van der Waals surface area contributed by atoms with Crippen LogP contribution in [0, 0.1) is 0 Å². The maximum atomic E-state index is 2.36. The van der Waals surface area contributed by atoms with E-state index in [0.29, 0.717) is 0 Å². The van der Waals surface area contributed by atoms with Crippen LogP contribution in [0.25, 0.3) is 0 Å². The molecule has 28 heavy (non-hydrogen) atoms. The zero-order valence-corrected chi connectivity index (χ0v) is 20.7. The van der Waals surface area contributed by atoms with Crippen molar-refractivity contribution in [3.05, 3.63) is 0 Å². The Hall–Kier alpha value is -0.0400. The number of hydrogen-bond acceptors (Lipinski definition) is 0. The number of quaternary nitrogens is 1. The van der Waals surface area contributed by atoms with Crippen molar-refractivity contribution in [3.63, 3.8) is 0 Å². The van der Waals surface area contributed by atoms with E-state index < -0.39 is 0 Å². The molecule has 0 aliphatic heterocycles. The molecule has 0 bridgehead atoms. The topological polar surface area (TPSA) is 0 Å². The minimum atomic E-state index is 1.31. The molecule has 0 spiro atoms. The Morgan fingerprint density at radius 3 is 0.821 bits per heavy atom. The molecule has 0 fully saturated rings. The summed E-state index contributed by atoms with van der Waals surface area (Å²) in [6.07, 6.45) is 27.9. The van der Waals surface area contributed by atoms with Crippen LogP contribution in [-0.4, -0.2) is 30.7 Å². The molecule has 0 unspecified atom stereocenters. The van der Waals surface area contributed by atoms with Gasteiger partial charge in [-0.3, -0.25) is 0 Å². The van der Waals surface area contributed by atoms with Gasteiger partial charge >= 0.3 is 0 Å². The second-order valence-corrected chi connectivity index (χ2v) is 9.38. The van der Waals surface area contributed by atoms with E-state index in [4.69, 9.17) is 0 Å². The first kappa shape index (κ1) is 28.0. The fraction of sp³-hybridized carbons (Fsp3) is 1.00. The van der Waals surface area contributed by atoms with Crippen LogP contribution in [0.1, 0.15) is 150 Å². The largest absolute Gasteiger partial charge is 0.324 e. The number of unbranched alkanes of at least 4 members (excludes halogenated alkanes) is 18. The molecule has 0 heterocycles. The predicted molar refractivity (Wildman–Crippen MR) is 130 cm³/mol. The molecule has 0 saturated heterocycles. The van der Waals surface area contributed by atoms with E-state index in [9.17, 15) is 0 Å². The lowest BCUT2D eigenvalue weighted by Gasteiger charge is -2.35. The van der Waals surface area contributed by atoms with E-state index in [1.165, 1.54) is 153 Å². The van der Waals surface area contributed by atoms with Crippen LogP contribution in [0.4, 0.5) is 0 Å². The van der Waals surface area contributed by atoms with Gasteiger partial charge in [0.1, 0.15) is 0 Å². The summed E-state index contributed by atoms with van der Waals surface area (Å²) < 4.78 is 1.33. The van der Waals surface area contributed by atoms with Crippen molar-refractivity contribution in [2.45, 2.75) is 150 Å². The molecule has 0 N–H and O–H groups in total. The van der Waals surface area contributed by atoms with Gasteiger partial charge in [0, 0.05) is 0 Å². The third-order valence-electron chi connectivity index (χ3n) is 7.25. The summed E-state index contributed by atoms with van der Waals surface area (Å²) >= 11 is 0. The molecule has 1 nitrogen and oxygen atoms in total. The van der Waals surface area contributed by atoms with Gasteiger partial charge < -0.3 is 4.48 Å². The normalized spacial score (nSPS) is 12.0. The molecule has 0 atom stereocenters. The van der Waals surface area contributed by atoms with Crippen molar-refractivity contribution < 1.29 is 4.48 Å². The van der Waals surface area contributed by atoms with Crippen molar-refractivity contribution in [1.82, 2.24) is 0 Å². The van der Waals surface area contributed by atoms with E-state index in [1.54, 1.807) is 0 Å². The highest BCUT2D eigenvalue weighted by molar-refractivity contribution is 4.51. The summed E-state index contributed by atoms with van der Waals surface area (Å²) in [6.45, 7) is 14.7.